The molecule has 1 saturated heterocycles. The Morgan fingerprint density at radius 2 is 1.29 bits per heavy atom. The van der Waals surface area contributed by atoms with Gasteiger partial charge in [-0.25, -0.2) is 0 Å². The summed E-state index contributed by atoms with van der Waals surface area (Å²) in [4.78, 5) is 42.9. The minimum Gasteiger partial charge on any atom is -0.494 e. The van der Waals surface area contributed by atoms with Crippen molar-refractivity contribution < 1.29 is 19.1 Å². The number of hydrogen-bond donors (Lipinski definition) is 0. The Hall–Kier alpha value is -3.93. The van der Waals surface area contributed by atoms with Gasteiger partial charge in [-0.3, -0.25) is 19.3 Å². The van der Waals surface area contributed by atoms with Crippen molar-refractivity contribution in [3.05, 3.63) is 95.1 Å². The van der Waals surface area contributed by atoms with Crippen LogP contribution < -0.4 is 9.64 Å². The molecule has 6 heteroatoms. The van der Waals surface area contributed by atoms with Crippen LogP contribution in [0.3, 0.4) is 0 Å². The van der Waals surface area contributed by atoms with Crippen molar-refractivity contribution in [1.82, 2.24) is 4.90 Å². The van der Waals surface area contributed by atoms with E-state index in [-0.39, 0.29) is 5.91 Å². The van der Waals surface area contributed by atoms with Crippen molar-refractivity contribution in [3.63, 3.8) is 0 Å². The van der Waals surface area contributed by atoms with Crippen molar-refractivity contribution >= 4 is 23.4 Å². The van der Waals surface area contributed by atoms with Crippen molar-refractivity contribution in [2.75, 3.05) is 11.5 Å². The van der Waals surface area contributed by atoms with Gasteiger partial charge in [-0.15, -0.1) is 0 Å². The Labute approximate surface area is 224 Å². The number of benzene rings is 3. The molecule has 1 fully saturated rings. The van der Waals surface area contributed by atoms with Crippen molar-refractivity contribution in [2.24, 2.45) is 0 Å². The lowest BCUT2D eigenvalue weighted by atomic mass is 9.86. The zero-order valence-corrected chi connectivity index (χ0v) is 22.1. The number of carbonyl (C=O) groups is 3. The fourth-order valence-corrected chi connectivity index (χ4v) is 5.34. The Bertz CT molecular complexity index is 1280. The van der Waals surface area contributed by atoms with Crippen LogP contribution in [0.4, 0.5) is 5.69 Å². The van der Waals surface area contributed by atoms with Gasteiger partial charge in [-0.2, -0.15) is 0 Å². The largest absolute Gasteiger partial charge is 0.494 e. The lowest BCUT2D eigenvalue weighted by Crippen LogP contribution is -2.67. The Morgan fingerprint density at radius 3 is 1.92 bits per heavy atom. The molecule has 3 amide bonds. The average Bonchev–Trinajstić information content (AvgIpc) is 3.18. The maximum Gasteiger partial charge on any atom is 0.262 e. The van der Waals surface area contributed by atoms with Crippen molar-refractivity contribution in [1.29, 1.82) is 0 Å². The molecule has 0 radical (unpaired) electrons. The van der Waals surface area contributed by atoms with Crippen molar-refractivity contribution in [3.8, 4) is 5.75 Å². The topological polar surface area (TPSA) is 66.9 Å². The van der Waals surface area contributed by atoms with Gasteiger partial charge in [0, 0.05) is 5.69 Å². The third-order valence-corrected chi connectivity index (χ3v) is 7.47. The number of β-lactam (4-membered cyclic amide) rings is 1. The van der Waals surface area contributed by atoms with E-state index in [1.54, 1.807) is 29.2 Å². The summed E-state index contributed by atoms with van der Waals surface area (Å²) in [5.41, 5.74) is 3.36. The fourth-order valence-electron chi connectivity index (χ4n) is 5.34. The number of anilines is 1. The van der Waals surface area contributed by atoms with Crippen LogP contribution in [0.1, 0.15) is 83.3 Å². The predicted molar refractivity (Wildman–Crippen MR) is 147 cm³/mol. The van der Waals surface area contributed by atoms with Gasteiger partial charge in [0.05, 0.1) is 23.8 Å². The molecule has 5 rings (SSSR count). The molecular formula is C32H34N2O4. The number of amides is 3. The van der Waals surface area contributed by atoms with Crippen LogP contribution in [0.2, 0.25) is 0 Å². The number of nitrogens with zero attached hydrogens (tertiary/aromatic N) is 2. The molecule has 0 N–H and O–H groups in total. The van der Waals surface area contributed by atoms with E-state index >= 15 is 0 Å². The summed E-state index contributed by atoms with van der Waals surface area (Å²) in [5, 5.41) is 0. The lowest BCUT2D eigenvalue weighted by molar-refractivity contribution is -0.130. The highest BCUT2D eigenvalue weighted by Gasteiger charge is 2.57. The van der Waals surface area contributed by atoms with Crippen LogP contribution in [0.25, 0.3) is 0 Å². The third kappa shape index (κ3) is 4.83. The minimum atomic E-state index is -0.904. The van der Waals surface area contributed by atoms with E-state index in [1.165, 1.54) is 25.7 Å². The van der Waals surface area contributed by atoms with Crippen LogP contribution in [-0.2, 0) is 4.79 Å². The summed E-state index contributed by atoms with van der Waals surface area (Å²) in [5.74, 6) is -0.336. The quantitative estimate of drug-likeness (QED) is 0.168. The maximum absolute atomic E-state index is 13.6. The molecular weight excluding hydrogens is 476 g/mol. The molecule has 0 aromatic heterocycles. The molecule has 2 aliphatic rings. The lowest BCUT2D eigenvalue weighted by Gasteiger charge is -2.49. The zero-order chi connectivity index (χ0) is 26.6. The molecule has 2 atom stereocenters. The zero-order valence-electron chi connectivity index (χ0n) is 22.1. The van der Waals surface area contributed by atoms with Crippen LogP contribution in [-0.4, -0.2) is 35.3 Å². The molecule has 0 aliphatic carbocycles. The molecule has 196 valence electrons. The van der Waals surface area contributed by atoms with Gasteiger partial charge in [0.25, 0.3) is 17.7 Å². The summed E-state index contributed by atoms with van der Waals surface area (Å²) >= 11 is 0. The second-order valence-corrected chi connectivity index (χ2v) is 10.1. The second-order valence-electron chi connectivity index (χ2n) is 10.1. The Morgan fingerprint density at radius 1 is 0.684 bits per heavy atom. The third-order valence-electron chi connectivity index (χ3n) is 7.47. The summed E-state index contributed by atoms with van der Waals surface area (Å²) in [6.07, 6.45) is 7.22. The maximum atomic E-state index is 13.6. The van der Waals surface area contributed by atoms with E-state index in [2.05, 4.69) is 6.92 Å². The summed E-state index contributed by atoms with van der Waals surface area (Å²) in [6, 6.07) is 20.7. The number of fused-ring (bicyclic) bond motifs is 1. The highest BCUT2D eigenvalue weighted by atomic mass is 16.5. The van der Waals surface area contributed by atoms with Gasteiger partial charge in [0.15, 0.2) is 0 Å². The molecule has 2 aliphatic heterocycles. The summed E-state index contributed by atoms with van der Waals surface area (Å²) < 4.78 is 5.95. The first-order chi connectivity index (χ1) is 18.5. The first-order valence-corrected chi connectivity index (χ1v) is 13.6. The van der Waals surface area contributed by atoms with Gasteiger partial charge in [0.2, 0.25) is 0 Å². The number of imide groups is 1. The van der Waals surface area contributed by atoms with Gasteiger partial charge in [-0.05, 0) is 55.3 Å². The Balaban J connectivity index is 1.36. The number of aryl methyl sites for hydroxylation is 1. The Kier molecular flexibility index (Phi) is 7.59. The van der Waals surface area contributed by atoms with Crippen molar-refractivity contribution in [2.45, 2.75) is 64.5 Å². The minimum absolute atomic E-state index is 0.267. The summed E-state index contributed by atoms with van der Waals surface area (Å²) in [7, 11) is 0. The number of unbranched alkanes of at least 4 members (excludes halogenated alkanes) is 5. The predicted octanol–water partition coefficient (Wildman–Crippen LogP) is 6.49. The van der Waals surface area contributed by atoms with Gasteiger partial charge in [0.1, 0.15) is 11.8 Å². The number of ether oxygens (including phenoxy) is 1. The molecule has 3 aromatic rings. The monoisotopic (exact) mass is 510 g/mol. The fraction of sp³-hybridized carbons (Fsp3) is 0.344. The molecule has 0 spiro atoms. The standard InChI is InChI=1S/C32H34N2O4/c1-3-4-5-6-7-10-21-38-25-19-15-23(16-20-25)28-29(32(37)33(28)24-17-13-22(2)14-18-24)34-30(35)26-11-8-9-12-27(26)31(34)36/h8-9,11-20,28-29H,3-7,10,21H2,1-2H3/t28-,29-/m0/s1. The van der Waals surface area contributed by atoms with E-state index in [0.29, 0.717) is 17.7 Å². The average molecular weight is 511 g/mol. The summed E-state index contributed by atoms with van der Waals surface area (Å²) in [6.45, 7) is 4.87. The molecule has 3 aromatic carbocycles. The smallest absolute Gasteiger partial charge is 0.262 e. The normalized spacial score (nSPS) is 18.5. The molecule has 0 saturated carbocycles. The molecule has 38 heavy (non-hydrogen) atoms. The molecule has 6 nitrogen and oxygen atoms in total. The van der Waals surface area contributed by atoms with Crippen LogP contribution in [0.5, 0.6) is 5.75 Å². The first-order valence-electron chi connectivity index (χ1n) is 13.6. The molecule has 2 heterocycles. The molecule has 0 bridgehead atoms. The van der Waals surface area contributed by atoms with Crippen LogP contribution in [0.15, 0.2) is 72.8 Å². The van der Waals surface area contributed by atoms with Gasteiger partial charge < -0.3 is 9.64 Å². The highest BCUT2D eigenvalue weighted by Crippen LogP contribution is 2.44. The SMILES string of the molecule is CCCCCCCCOc1ccc([C@H]2[C@H](N3C(=O)c4ccccc4C3=O)C(=O)N2c2ccc(C)cc2)cc1. The van der Waals surface area contributed by atoms with Crippen LogP contribution >= 0.6 is 0 Å². The van der Waals surface area contributed by atoms with Gasteiger partial charge in [-0.1, -0.05) is 81.0 Å². The van der Waals surface area contributed by atoms with E-state index in [0.717, 1.165) is 40.3 Å². The van der Waals surface area contributed by atoms with E-state index in [4.69, 9.17) is 4.74 Å². The number of hydrogen-bond acceptors (Lipinski definition) is 4. The molecule has 0 unspecified atom stereocenters. The van der Waals surface area contributed by atoms with Gasteiger partial charge >= 0.3 is 0 Å². The second kappa shape index (κ2) is 11.2. The number of rotatable bonds is 11. The first kappa shape index (κ1) is 25.7. The highest BCUT2D eigenvalue weighted by molar-refractivity contribution is 6.24. The van der Waals surface area contributed by atoms with Crippen LogP contribution in [0, 0.1) is 6.92 Å². The van der Waals surface area contributed by atoms with E-state index in [1.807, 2.05) is 55.5 Å². The van der Waals surface area contributed by atoms with E-state index in [9.17, 15) is 14.4 Å². The van der Waals surface area contributed by atoms with E-state index < -0.39 is 23.9 Å². The number of carbonyl (C=O) groups excluding carboxylic acids is 3.